The number of amides is 1. The predicted molar refractivity (Wildman–Crippen MR) is 104 cm³/mol. The van der Waals surface area contributed by atoms with Crippen molar-refractivity contribution < 1.29 is 9.53 Å². The van der Waals surface area contributed by atoms with Crippen LogP contribution in [0.4, 0.5) is 0 Å². The van der Waals surface area contributed by atoms with Crippen molar-refractivity contribution in [2.75, 3.05) is 20.2 Å². The third-order valence-electron chi connectivity index (χ3n) is 5.98. The van der Waals surface area contributed by atoms with Gasteiger partial charge < -0.3 is 15.4 Å². The van der Waals surface area contributed by atoms with E-state index in [0.717, 1.165) is 24.3 Å². The molecule has 1 aliphatic heterocycles. The van der Waals surface area contributed by atoms with Crippen molar-refractivity contribution in [3.63, 3.8) is 0 Å². The van der Waals surface area contributed by atoms with Crippen LogP contribution < -0.4 is 10.5 Å². The maximum atomic E-state index is 12.7. The number of aryl methyl sites for hydroxylation is 2. The number of fused-ring (bicyclic) bond motifs is 1. The number of H-pyrrole nitrogens is 1. The molecule has 27 heavy (non-hydrogen) atoms. The number of carbonyl (C=O) groups is 1. The van der Waals surface area contributed by atoms with Crippen LogP contribution in [0.25, 0.3) is 0 Å². The number of nitrogens with zero attached hydrogens (tertiary/aromatic N) is 2. The molecule has 144 valence electrons. The second kappa shape index (κ2) is 7.72. The highest BCUT2D eigenvalue weighted by Crippen LogP contribution is 2.29. The number of carbonyl (C=O) groups excluding carboxylic acids is 1. The number of methoxy groups -OCH3 is 1. The first-order chi connectivity index (χ1) is 13.2. The van der Waals surface area contributed by atoms with Crippen LogP contribution in [0, 0.1) is 0 Å². The fraction of sp³-hybridized carbons (Fsp3) is 0.524. The number of likely N-dealkylation sites (tertiary alicyclic amines) is 1. The molecule has 6 nitrogen and oxygen atoms in total. The van der Waals surface area contributed by atoms with Gasteiger partial charge in [0, 0.05) is 43.6 Å². The number of aromatic amines is 1. The summed E-state index contributed by atoms with van der Waals surface area (Å²) in [5.41, 5.74) is 11.2. The van der Waals surface area contributed by atoms with Gasteiger partial charge >= 0.3 is 0 Å². The second-order valence-corrected chi connectivity index (χ2v) is 7.68. The van der Waals surface area contributed by atoms with E-state index in [4.69, 9.17) is 10.5 Å². The van der Waals surface area contributed by atoms with Gasteiger partial charge in [-0.15, -0.1) is 0 Å². The number of nitrogens with two attached hydrogens (primary N) is 1. The maximum absolute atomic E-state index is 12.7. The number of hydrogen-bond donors (Lipinski definition) is 2. The van der Waals surface area contributed by atoms with Crippen molar-refractivity contribution in [2.45, 2.75) is 50.5 Å². The zero-order chi connectivity index (χ0) is 18.8. The summed E-state index contributed by atoms with van der Waals surface area (Å²) in [7, 11) is 1.66. The Kier molecular flexibility index (Phi) is 5.16. The van der Waals surface area contributed by atoms with E-state index in [0.29, 0.717) is 25.9 Å². The summed E-state index contributed by atoms with van der Waals surface area (Å²) < 4.78 is 5.22. The topological polar surface area (TPSA) is 84.2 Å². The molecule has 1 amide bonds. The molecule has 0 unspecified atom stereocenters. The highest BCUT2D eigenvalue weighted by atomic mass is 16.5. The Morgan fingerprint density at radius 3 is 2.81 bits per heavy atom. The first kappa shape index (κ1) is 18.0. The largest absolute Gasteiger partial charge is 0.497 e. The molecule has 1 fully saturated rings. The normalized spacial score (nSPS) is 21.9. The molecule has 3 N–H and O–H groups in total. The van der Waals surface area contributed by atoms with Gasteiger partial charge in [-0.2, -0.15) is 5.10 Å². The van der Waals surface area contributed by atoms with Gasteiger partial charge in [-0.05, 0) is 48.9 Å². The van der Waals surface area contributed by atoms with Crippen LogP contribution in [0.15, 0.2) is 24.3 Å². The average Bonchev–Trinajstić information content (AvgIpc) is 3.30. The molecule has 1 aliphatic carbocycles. The Morgan fingerprint density at radius 2 is 2.04 bits per heavy atom. The van der Waals surface area contributed by atoms with Crippen molar-refractivity contribution in [3.05, 3.63) is 46.8 Å². The van der Waals surface area contributed by atoms with Crippen LogP contribution in [0.3, 0.4) is 0 Å². The summed E-state index contributed by atoms with van der Waals surface area (Å²) in [5.74, 6) is 1.19. The van der Waals surface area contributed by atoms with Crippen molar-refractivity contribution in [3.8, 4) is 5.75 Å². The number of ether oxygens (including phenoxy) is 1. The van der Waals surface area contributed by atoms with E-state index in [2.05, 4.69) is 10.2 Å². The summed E-state index contributed by atoms with van der Waals surface area (Å²) >= 11 is 0. The Morgan fingerprint density at radius 1 is 1.26 bits per heavy atom. The molecule has 1 aromatic heterocycles. The number of benzene rings is 1. The lowest BCUT2D eigenvalue weighted by atomic mass is 9.94. The van der Waals surface area contributed by atoms with Gasteiger partial charge in [0.05, 0.1) is 12.8 Å². The maximum Gasteiger partial charge on any atom is 0.223 e. The van der Waals surface area contributed by atoms with E-state index in [9.17, 15) is 4.79 Å². The number of aromatic nitrogens is 2. The number of hydrogen-bond acceptors (Lipinski definition) is 4. The van der Waals surface area contributed by atoms with Gasteiger partial charge in [0.15, 0.2) is 0 Å². The molecule has 0 spiro atoms. The minimum absolute atomic E-state index is 0.0273. The Labute approximate surface area is 160 Å². The van der Waals surface area contributed by atoms with Crippen LogP contribution in [0.1, 0.15) is 47.7 Å². The van der Waals surface area contributed by atoms with Gasteiger partial charge in [0.2, 0.25) is 5.91 Å². The second-order valence-electron chi connectivity index (χ2n) is 7.68. The summed E-state index contributed by atoms with van der Waals surface area (Å²) in [5, 5.41) is 7.62. The van der Waals surface area contributed by atoms with Gasteiger partial charge in [0.1, 0.15) is 5.75 Å². The molecule has 1 aromatic carbocycles. The van der Waals surface area contributed by atoms with Gasteiger partial charge in [-0.25, -0.2) is 0 Å². The molecule has 2 atom stereocenters. The van der Waals surface area contributed by atoms with Crippen LogP contribution in [-0.4, -0.2) is 47.2 Å². The van der Waals surface area contributed by atoms with E-state index < -0.39 is 0 Å². The number of rotatable bonds is 5. The van der Waals surface area contributed by atoms with Crippen LogP contribution in [0.5, 0.6) is 5.75 Å². The van der Waals surface area contributed by atoms with Crippen LogP contribution in [-0.2, 0) is 24.1 Å². The minimum Gasteiger partial charge on any atom is -0.497 e. The lowest BCUT2D eigenvalue weighted by Gasteiger charge is -2.17. The van der Waals surface area contributed by atoms with Crippen molar-refractivity contribution in [1.29, 1.82) is 0 Å². The first-order valence-electron chi connectivity index (χ1n) is 9.88. The molecule has 0 saturated carbocycles. The zero-order valence-corrected chi connectivity index (χ0v) is 15.9. The van der Waals surface area contributed by atoms with Gasteiger partial charge in [0.25, 0.3) is 0 Å². The molecular weight excluding hydrogens is 340 g/mol. The zero-order valence-electron chi connectivity index (χ0n) is 15.9. The Balaban J connectivity index is 1.36. The van der Waals surface area contributed by atoms with E-state index >= 15 is 0 Å². The highest BCUT2D eigenvalue weighted by Gasteiger charge is 2.33. The van der Waals surface area contributed by atoms with Crippen molar-refractivity contribution in [2.24, 2.45) is 5.73 Å². The predicted octanol–water partition coefficient (Wildman–Crippen LogP) is 2.18. The van der Waals surface area contributed by atoms with Crippen LogP contribution in [0.2, 0.25) is 0 Å². The highest BCUT2D eigenvalue weighted by molar-refractivity contribution is 5.77. The van der Waals surface area contributed by atoms with E-state index in [-0.39, 0.29) is 17.9 Å². The molecular formula is C21H28N4O2. The standard InChI is InChI=1S/C21H28N4O2/c1-27-15-8-6-14(7-9-15)17-12-25(13-18(17)22)21(26)11-10-20-16-4-2-3-5-19(16)23-24-20/h6-9,17-18H,2-5,10-13,22H2,1H3,(H,23,24)/t17-,18+/m0/s1. The van der Waals surface area contributed by atoms with E-state index in [1.807, 2.05) is 29.2 Å². The van der Waals surface area contributed by atoms with Gasteiger partial charge in [-0.3, -0.25) is 9.89 Å². The summed E-state index contributed by atoms with van der Waals surface area (Å²) in [6.07, 6.45) is 5.83. The van der Waals surface area contributed by atoms with E-state index in [1.165, 1.54) is 29.7 Å². The molecule has 6 heteroatoms. The fourth-order valence-corrected chi connectivity index (χ4v) is 4.38. The lowest BCUT2D eigenvalue weighted by Crippen LogP contribution is -2.32. The molecule has 0 radical (unpaired) electrons. The Bertz CT molecular complexity index is 799. The minimum atomic E-state index is -0.0273. The van der Waals surface area contributed by atoms with Crippen molar-refractivity contribution in [1.82, 2.24) is 15.1 Å². The van der Waals surface area contributed by atoms with Crippen LogP contribution >= 0.6 is 0 Å². The lowest BCUT2D eigenvalue weighted by molar-refractivity contribution is -0.130. The molecule has 1 saturated heterocycles. The summed E-state index contributed by atoms with van der Waals surface area (Å²) in [6.45, 7) is 1.30. The average molecular weight is 368 g/mol. The smallest absolute Gasteiger partial charge is 0.223 e. The molecule has 2 aliphatic rings. The quantitative estimate of drug-likeness (QED) is 0.847. The first-order valence-corrected chi connectivity index (χ1v) is 9.88. The molecule has 2 heterocycles. The molecule has 0 bridgehead atoms. The van der Waals surface area contributed by atoms with Gasteiger partial charge in [-0.1, -0.05) is 12.1 Å². The monoisotopic (exact) mass is 368 g/mol. The molecule has 4 rings (SSSR count). The van der Waals surface area contributed by atoms with Crippen molar-refractivity contribution >= 4 is 5.91 Å². The third-order valence-corrected chi connectivity index (χ3v) is 5.98. The Hall–Kier alpha value is -2.34. The third kappa shape index (κ3) is 3.72. The summed E-state index contributed by atoms with van der Waals surface area (Å²) in [6, 6.07) is 7.97. The number of nitrogens with one attached hydrogen (secondary N) is 1. The molecule has 2 aromatic rings. The SMILES string of the molecule is COc1ccc([C@@H]2CN(C(=O)CCc3n[nH]c4c3CCCC4)C[C@H]2N)cc1. The fourth-order valence-electron chi connectivity index (χ4n) is 4.38. The summed E-state index contributed by atoms with van der Waals surface area (Å²) in [4.78, 5) is 14.7. The van der Waals surface area contributed by atoms with E-state index in [1.54, 1.807) is 7.11 Å².